The van der Waals surface area contributed by atoms with Crippen molar-refractivity contribution in [2.45, 2.75) is 149 Å². The maximum absolute atomic E-state index is 11.9. The molecule has 0 rings (SSSR count). The second-order valence-electron chi connectivity index (χ2n) is 12.6. The van der Waals surface area contributed by atoms with Gasteiger partial charge >= 0.3 is 17.9 Å². The third-order valence-corrected chi connectivity index (χ3v) is 7.69. The van der Waals surface area contributed by atoms with E-state index in [1.54, 1.807) is 27.7 Å². The number of hydroxylamine groups is 1. The monoisotopic (exact) mass is 851 g/mol. The lowest BCUT2D eigenvalue weighted by atomic mass is 10.1. The molecular weight excluding hydrogens is 771 g/mol. The molecule has 19 heteroatoms. The highest BCUT2D eigenvalue weighted by Crippen LogP contribution is 2.06. The lowest BCUT2D eigenvalue weighted by Gasteiger charge is -2.17. The van der Waals surface area contributed by atoms with Crippen molar-refractivity contribution in [3.05, 3.63) is 0 Å². The van der Waals surface area contributed by atoms with Gasteiger partial charge in [0, 0.05) is 12.8 Å². The van der Waals surface area contributed by atoms with Crippen LogP contribution >= 0.6 is 24.8 Å². The maximum Gasteiger partial charge on any atom is 0.328 e. The van der Waals surface area contributed by atoms with E-state index in [4.69, 9.17) is 30.9 Å². The first-order valence-corrected chi connectivity index (χ1v) is 19.9. The van der Waals surface area contributed by atoms with Crippen LogP contribution in [0.2, 0.25) is 0 Å². The molecule has 17 nitrogen and oxygen atoms in total. The van der Waals surface area contributed by atoms with E-state index in [1.165, 1.54) is 0 Å². The van der Waals surface area contributed by atoms with Crippen molar-refractivity contribution < 1.29 is 43.4 Å². The van der Waals surface area contributed by atoms with E-state index in [1.807, 2.05) is 21.0 Å². The molecule has 0 bridgehead atoms. The van der Waals surface area contributed by atoms with Crippen LogP contribution in [0.3, 0.4) is 0 Å². The highest BCUT2D eigenvalue weighted by atomic mass is 35.5. The van der Waals surface area contributed by atoms with Gasteiger partial charge in [-0.15, -0.1) is 24.8 Å². The second kappa shape index (κ2) is 47.0. The molecule has 0 fully saturated rings. The third-order valence-electron chi connectivity index (χ3n) is 7.69. The summed E-state index contributed by atoms with van der Waals surface area (Å²) in [6.45, 7) is 13.2. The minimum atomic E-state index is -0.612. The van der Waals surface area contributed by atoms with Gasteiger partial charge in [-0.3, -0.25) is 14.4 Å². The van der Waals surface area contributed by atoms with Crippen LogP contribution in [-0.4, -0.2) is 119 Å². The van der Waals surface area contributed by atoms with Gasteiger partial charge < -0.3 is 57.5 Å². The smallest absolute Gasteiger partial charge is 0.328 e. The predicted molar refractivity (Wildman–Crippen MR) is 226 cm³/mol. The summed E-state index contributed by atoms with van der Waals surface area (Å²) in [6, 6.07) is -1.56. The van der Waals surface area contributed by atoms with Crippen molar-refractivity contribution in [3.8, 4) is 0 Å². The standard InChI is InChI=1S/C14H30N4O4.C14H28N2O3.C9H20N2O2.2ClH/c1-3-22-14(20)12(17-13(19)8-6-9-15)7-4-5-10-16-11(2)18-21;1-4-6-10-13(17)16-12(14(18)19-5-2)9-7-8-11-15-3;1-3-13-9(12)8(10)6-4-5-7-11-2;;/h11-12,16,18,21H,3-10,15H2,1-2H3,(H,17,19);12,15H,4-11H2,1-3H3,(H,16,17);8,11H,3-7,10H2,1-2H3;2*1H/t11?,12-;12-;8-;;/m000../s1. The molecule has 4 atom stereocenters. The van der Waals surface area contributed by atoms with Crippen molar-refractivity contribution in [1.82, 2.24) is 32.1 Å². The lowest BCUT2D eigenvalue weighted by molar-refractivity contribution is -0.148. The fourth-order valence-corrected chi connectivity index (χ4v) is 4.64. The molecule has 2 amide bonds. The first-order valence-electron chi connectivity index (χ1n) is 19.9. The Labute approximate surface area is 349 Å². The van der Waals surface area contributed by atoms with Crippen LogP contribution in [0.4, 0.5) is 0 Å². The fourth-order valence-electron chi connectivity index (χ4n) is 4.64. The average Bonchev–Trinajstić information content (AvgIpc) is 3.15. The molecule has 0 aromatic carbocycles. The summed E-state index contributed by atoms with van der Waals surface area (Å²) < 4.78 is 14.8. The van der Waals surface area contributed by atoms with Gasteiger partial charge in [-0.05, 0) is 132 Å². The largest absolute Gasteiger partial charge is 0.465 e. The van der Waals surface area contributed by atoms with Crippen LogP contribution in [0, 0.1) is 0 Å². The number of unbranched alkanes of at least 4 members (excludes halogenated alkanes) is 4. The van der Waals surface area contributed by atoms with E-state index in [0.717, 1.165) is 64.5 Å². The first kappa shape index (κ1) is 62.8. The number of halogens is 2. The molecule has 0 aromatic rings. The first-order chi connectivity index (χ1) is 25.9. The molecule has 0 aliphatic heterocycles. The molecule has 0 saturated heterocycles. The van der Waals surface area contributed by atoms with E-state index < -0.39 is 24.1 Å². The number of hydrogen-bond donors (Lipinski definition) is 9. The highest BCUT2D eigenvalue weighted by molar-refractivity contribution is 5.86. The van der Waals surface area contributed by atoms with E-state index in [2.05, 4.69) is 32.1 Å². The van der Waals surface area contributed by atoms with E-state index >= 15 is 0 Å². The maximum atomic E-state index is 11.9. The Kier molecular flexibility index (Phi) is 52.8. The Morgan fingerprint density at radius 3 is 1.41 bits per heavy atom. The van der Waals surface area contributed by atoms with Crippen molar-refractivity contribution >= 4 is 54.5 Å². The summed E-state index contributed by atoms with van der Waals surface area (Å²) in [5.74, 6) is -1.25. The van der Waals surface area contributed by atoms with Crippen LogP contribution in [0.1, 0.15) is 125 Å². The van der Waals surface area contributed by atoms with Crippen LogP contribution in [-0.2, 0) is 38.2 Å². The number of amides is 2. The number of esters is 3. The van der Waals surface area contributed by atoms with Gasteiger partial charge in [0.1, 0.15) is 18.1 Å². The zero-order chi connectivity index (χ0) is 41.4. The van der Waals surface area contributed by atoms with Gasteiger partial charge in [0.25, 0.3) is 0 Å². The van der Waals surface area contributed by atoms with Crippen LogP contribution in [0.5, 0.6) is 0 Å². The van der Waals surface area contributed by atoms with Gasteiger partial charge in [-0.1, -0.05) is 19.8 Å². The lowest BCUT2D eigenvalue weighted by Crippen LogP contribution is -2.42. The van der Waals surface area contributed by atoms with E-state index in [9.17, 15) is 24.0 Å². The summed E-state index contributed by atoms with van der Waals surface area (Å²) in [6.07, 6.45) is 10.3. The molecule has 1 unspecified atom stereocenters. The summed E-state index contributed by atoms with van der Waals surface area (Å²) in [7, 11) is 3.81. The van der Waals surface area contributed by atoms with Gasteiger partial charge in [0.15, 0.2) is 0 Å². The topological polar surface area (TPSA) is 257 Å². The second-order valence-corrected chi connectivity index (χ2v) is 12.6. The Morgan fingerprint density at radius 1 is 0.607 bits per heavy atom. The molecule has 0 heterocycles. The molecule has 0 radical (unpaired) electrons. The minimum Gasteiger partial charge on any atom is -0.465 e. The highest BCUT2D eigenvalue weighted by Gasteiger charge is 2.22. The number of hydrogen-bond acceptors (Lipinski definition) is 15. The molecule has 336 valence electrons. The van der Waals surface area contributed by atoms with Gasteiger partial charge in [-0.2, -0.15) is 5.48 Å². The zero-order valence-electron chi connectivity index (χ0n) is 35.3. The molecular formula is C37H80Cl2N8O9. The summed E-state index contributed by atoms with van der Waals surface area (Å²) in [4.78, 5) is 58.1. The normalized spacial score (nSPS) is 12.2. The summed E-state index contributed by atoms with van der Waals surface area (Å²) in [5.41, 5.74) is 13.0. The van der Waals surface area contributed by atoms with Crippen LogP contribution in [0.15, 0.2) is 0 Å². The van der Waals surface area contributed by atoms with E-state index in [0.29, 0.717) is 64.8 Å². The quantitative estimate of drug-likeness (QED) is 0.0160. The van der Waals surface area contributed by atoms with Crippen molar-refractivity contribution in [3.63, 3.8) is 0 Å². The number of nitrogens with two attached hydrogens (primary N) is 2. The van der Waals surface area contributed by atoms with E-state index in [-0.39, 0.29) is 61.3 Å². The molecule has 0 spiro atoms. The Balaban J connectivity index is -0.000000235. The molecule has 0 aliphatic carbocycles. The fraction of sp³-hybridized carbons (Fsp3) is 0.865. The van der Waals surface area contributed by atoms with Crippen LogP contribution < -0.4 is 43.5 Å². The number of carbonyl (C=O) groups excluding carboxylic acids is 5. The third kappa shape index (κ3) is 41.3. The number of rotatable bonds is 31. The van der Waals surface area contributed by atoms with Gasteiger partial charge in [0.05, 0.1) is 26.0 Å². The summed E-state index contributed by atoms with van der Waals surface area (Å²) in [5, 5.41) is 23.3. The Morgan fingerprint density at radius 2 is 1.02 bits per heavy atom. The van der Waals surface area contributed by atoms with Crippen molar-refractivity contribution in [1.29, 1.82) is 0 Å². The average molecular weight is 852 g/mol. The van der Waals surface area contributed by atoms with Gasteiger partial charge in [0.2, 0.25) is 11.8 Å². The zero-order valence-corrected chi connectivity index (χ0v) is 37.0. The Hall–Kier alpha value is -2.35. The number of nitrogens with one attached hydrogen (secondary N) is 6. The Bertz CT molecular complexity index is 946. The molecule has 0 aliphatic rings. The SMILES string of the molecule is CCCCC(=O)N[C@@H](CCCCNC)C(=O)OCC.CCOC(=O)[C@@H](N)CCCCNC.CCOC(=O)[C@H](CCCCNC(C)NO)NC(=O)CCCN.Cl.Cl. The molecule has 56 heavy (non-hydrogen) atoms. The number of carbonyl (C=O) groups is 5. The minimum absolute atomic E-state index is 0. The van der Waals surface area contributed by atoms with Gasteiger partial charge in [-0.25, -0.2) is 9.59 Å². The molecule has 0 aromatic heterocycles. The van der Waals surface area contributed by atoms with Crippen molar-refractivity contribution in [2.24, 2.45) is 11.5 Å². The number of ether oxygens (including phenoxy) is 3. The van der Waals surface area contributed by atoms with Crippen molar-refractivity contribution in [2.75, 3.05) is 60.1 Å². The predicted octanol–water partition coefficient (Wildman–Crippen LogP) is 2.58. The summed E-state index contributed by atoms with van der Waals surface area (Å²) >= 11 is 0. The molecule has 11 N–H and O–H groups in total. The van der Waals surface area contributed by atoms with Crippen LogP contribution in [0.25, 0.3) is 0 Å². The molecule has 0 saturated carbocycles.